The van der Waals surface area contributed by atoms with E-state index in [1.807, 2.05) is 18.2 Å². The van der Waals surface area contributed by atoms with Crippen molar-refractivity contribution >= 4 is 29.1 Å². The van der Waals surface area contributed by atoms with Gasteiger partial charge in [0.1, 0.15) is 5.56 Å². The van der Waals surface area contributed by atoms with E-state index in [9.17, 15) is 14.4 Å². The number of aromatic nitrogens is 3. The van der Waals surface area contributed by atoms with Gasteiger partial charge in [0.25, 0.3) is 11.5 Å². The number of hydrogen-bond acceptors (Lipinski definition) is 5. The molecule has 3 aromatic rings. The topological polar surface area (TPSA) is 96.8 Å². The number of esters is 1. The van der Waals surface area contributed by atoms with E-state index in [1.54, 1.807) is 24.8 Å². The summed E-state index contributed by atoms with van der Waals surface area (Å²) in [4.78, 5) is 44.7. The monoisotopic (exact) mass is 456 g/mol. The van der Waals surface area contributed by atoms with Crippen LogP contribution in [0.25, 0.3) is 5.65 Å². The van der Waals surface area contributed by atoms with E-state index in [1.165, 1.54) is 10.7 Å². The van der Waals surface area contributed by atoms with E-state index in [-0.39, 0.29) is 29.0 Å². The Labute approximate surface area is 190 Å². The summed E-state index contributed by atoms with van der Waals surface area (Å²) >= 11 is 6.07. The van der Waals surface area contributed by atoms with Crippen LogP contribution in [0.15, 0.2) is 35.3 Å². The fraction of sp³-hybridized carbons (Fsp3) is 0.391. The third-order valence-electron chi connectivity index (χ3n) is 5.79. The second-order valence-corrected chi connectivity index (χ2v) is 8.41. The highest BCUT2D eigenvalue weighted by molar-refractivity contribution is 6.30. The first kappa shape index (κ1) is 22.1. The maximum Gasteiger partial charge on any atom is 0.310 e. The Morgan fingerprint density at radius 3 is 2.91 bits per heavy atom. The van der Waals surface area contributed by atoms with Crippen molar-refractivity contribution in [3.05, 3.63) is 68.2 Å². The number of rotatable bonds is 5. The molecule has 0 spiro atoms. The van der Waals surface area contributed by atoms with Crippen LogP contribution in [0.1, 0.15) is 46.9 Å². The highest BCUT2D eigenvalue weighted by atomic mass is 35.5. The Morgan fingerprint density at radius 1 is 1.34 bits per heavy atom. The number of piperidine rings is 1. The maximum atomic E-state index is 13.2. The Hall–Kier alpha value is -3.13. The first-order chi connectivity index (χ1) is 15.4. The van der Waals surface area contributed by atoms with Crippen LogP contribution >= 0.6 is 11.6 Å². The van der Waals surface area contributed by atoms with Gasteiger partial charge in [-0.25, -0.2) is 9.50 Å². The number of ether oxygens (including phenoxy) is 1. The van der Waals surface area contributed by atoms with Gasteiger partial charge >= 0.3 is 5.97 Å². The summed E-state index contributed by atoms with van der Waals surface area (Å²) in [6, 6.07) is 7.33. The van der Waals surface area contributed by atoms with Crippen LogP contribution in [0.2, 0.25) is 5.02 Å². The fourth-order valence-corrected chi connectivity index (χ4v) is 4.37. The van der Waals surface area contributed by atoms with Gasteiger partial charge in [0.2, 0.25) is 0 Å². The first-order valence-corrected chi connectivity index (χ1v) is 11.1. The minimum Gasteiger partial charge on any atom is -0.466 e. The maximum absolute atomic E-state index is 13.2. The lowest BCUT2D eigenvalue weighted by atomic mass is 9.97. The lowest BCUT2D eigenvalue weighted by molar-refractivity contribution is -0.149. The van der Waals surface area contributed by atoms with Crippen molar-refractivity contribution in [1.82, 2.24) is 19.5 Å². The minimum atomic E-state index is -0.334. The standard InChI is InChI=1S/C23H25ClN4O4/c1-3-32-23(31)16-7-5-9-27(13-16)21(29)19-12-25-28-20(19)26-14(2)18(22(28)30)11-15-6-4-8-17(24)10-15/h4,6,8,10,12,16,25H,3,5,7,9,11,13H2,1-2H3. The van der Waals surface area contributed by atoms with E-state index < -0.39 is 0 Å². The number of H-pyrrole nitrogens is 1. The lowest BCUT2D eigenvalue weighted by Gasteiger charge is -2.31. The number of aromatic amines is 1. The van der Waals surface area contributed by atoms with Crippen LogP contribution in [0.4, 0.5) is 0 Å². The molecule has 1 aromatic carbocycles. The third-order valence-corrected chi connectivity index (χ3v) is 6.03. The van der Waals surface area contributed by atoms with Gasteiger partial charge in [-0.15, -0.1) is 0 Å². The van der Waals surface area contributed by atoms with Crippen molar-refractivity contribution in [2.45, 2.75) is 33.1 Å². The number of benzene rings is 1. The van der Waals surface area contributed by atoms with Gasteiger partial charge in [0, 0.05) is 42.0 Å². The van der Waals surface area contributed by atoms with Crippen molar-refractivity contribution in [3.8, 4) is 0 Å². The Bertz CT molecular complexity index is 1230. The van der Waals surface area contributed by atoms with E-state index in [4.69, 9.17) is 16.3 Å². The molecule has 1 N–H and O–H groups in total. The van der Waals surface area contributed by atoms with Crippen LogP contribution in [-0.4, -0.2) is 51.1 Å². The zero-order valence-corrected chi connectivity index (χ0v) is 18.8. The summed E-state index contributed by atoms with van der Waals surface area (Å²) in [6.07, 6.45) is 3.30. The van der Waals surface area contributed by atoms with Crippen molar-refractivity contribution < 1.29 is 14.3 Å². The Kier molecular flexibility index (Phi) is 6.32. The van der Waals surface area contributed by atoms with Crippen molar-refractivity contribution in [3.63, 3.8) is 0 Å². The van der Waals surface area contributed by atoms with E-state index in [0.29, 0.717) is 60.8 Å². The van der Waals surface area contributed by atoms with Crippen LogP contribution in [0, 0.1) is 12.8 Å². The highest BCUT2D eigenvalue weighted by Gasteiger charge is 2.31. The normalized spacial score (nSPS) is 16.3. The molecule has 1 saturated heterocycles. The molecule has 168 valence electrons. The first-order valence-electron chi connectivity index (χ1n) is 10.7. The molecule has 9 heteroatoms. The second-order valence-electron chi connectivity index (χ2n) is 7.98. The number of aryl methyl sites for hydroxylation is 1. The molecule has 1 aliphatic rings. The van der Waals surface area contributed by atoms with Gasteiger partial charge in [0.05, 0.1) is 12.5 Å². The van der Waals surface area contributed by atoms with Gasteiger partial charge in [-0.05, 0) is 44.4 Å². The van der Waals surface area contributed by atoms with Crippen LogP contribution in [0.3, 0.4) is 0 Å². The average molecular weight is 457 g/mol. The Balaban J connectivity index is 1.63. The molecule has 0 saturated carbocycles. The second kappa shape index (κ2) is 9.16. The molecule has 3 heterocycles. The molecule has 4 rings (SSSR count). The van der Waals surface area contributed by atoms with Crippen LogP contribution in [-0.2, 0) is 16.0 Å². The number of nitrogens with one attached hydrogen (secondary N) is 1. The Morgan fingerprint density at radius 2 is 2.16 bits per heavy atom. The van der Waals surface area contributed by atoms with Gasteiger partial charge in [0.15, 0.2) is 5.65 Å². The van der Waals surface area contributed by atoms with Gasteiger partial charge < -0.3 is 9.64 Å². The number of halogens is 1. The molecule has 1 amide bonds. The zero-order valence-electron chi connectivity index (χ0n) is 18.1. The molecule has 8 nitrogen and oxygen atoms in total. The van der Waals surface area contributed by atoms with E-state index in [0.717, 1.165) is 5.56 Å². The summed E-state index contributed by atoms with van der Waals surface area (Å²) in [5, 5.41) is 3.47. The van der Waals surface area contributed by atoms with Crippen molar-refractivity contribution in [2.75, 3.05) is 19.7 Å². The summed E-state index contributed by atoms with van der Waals surface area (Å²) in [6.45, 7) is 4.69. The molecule has 1 fully saturated rings. The number of likely N-dealkylation sites (tertiary alicyclic amines) is 1. The molecule has 0 aliphatic carbocycles. The van der Waals surface area contributed by atoms with E-state index in [2.05, 4.69) is 10.1 Å². The van der Waals surface area contributed by atoms with Crippen LogP contribution < -0.4 is 5.56 Å². The summed E-state index contributed by atoms with van der Waals surface area (Å²) in [5.74, 6) is -0.869. The van der Waals surface area contributed by atoms with Crippen LogP contribution in [0.5, 0.6) is 0 Å². The molecule has 2 aromatic heterocycles. The number of carbonyl (C=O) groups excluding carboxylic acids is 2. The molecule has 1 unspecified atom stereocenters. The predicted octanol–water partition coefficient (Wildman–Crippen LogP) is 2.99. The molecular formula is C23H25ClN4O4. The van der Waals surface area contributed by atoms with E-state index >= 15 is 0 Å². The molecular weight excluding hydrogens is 432 g/mol. The molecule has 0 radical (unpaired) electrons. The van der Waals surface area contributed by atoms with Gasteiger partial charge in [-0.3, -0.25) is 19.5 Å². The molecule has 1 aliphatic heterocycles. The number of fused-ring (bicyclic) bond motifs is 1. The lowest BCUT2D eigenvalue weighted by Crippen LogP contribution is -2.42. The minimum absolute atomic E-state index is 0.255. The largest absolute Gasteiger partial charge is 0.466 e. The van der Waals surface area contributed by atoms with Gasteiger partial charge in [-0.1, -0.05) is 23.7 Å². The number of hydrogen-bond donors (Lipinski definition) is 1. The third kappa shape index (κ3) is 4.27. The van der Waals surface area contributed by atoms with Crippen molar-refractivity contribution in [1.29, 1.82) is 0 Å². The predicted molar refractivity (Wildman–Crippen MR) is 120 cm³/mol. The number of amides is 1. The van der Waals surface area contributed by atoms with Crippen molar-refractivity contribution in [2.24, 2.45) is 5.92 Å². The summed E-state index contributed by atoms with van der Waals surface area (Å²) < 4.78 is 6.42. The highest BCUT2D eigenvalue weighted by Crippen LogP contribution is 2.22. The smallest absolute Gasteiger partial charge is 0.310 e. The average Bonchev–Trinajstić information content (AvgIpc) is 3.20. The molecule has 1 atom stereocenters. The molecule has 32 heavy (non-hydrogen) atoms. The number of carbonyl (C=O) groups is 2. The quantitative estimate of drug-likeness (QED) is 0.595. The molecule has 0 bridgehead atoms. The summed E-state index contributed by atoms with van der Waals surface area (Å²) in [7, 11) is 0. The fourth-order valence-electron chi connectivity index (χ4n) is 4.15. The number of nitrogens with zero attached hydrogens (tertiary/aromatic N) is 3. The summed E-state index contributed by atoms with van der Waals surface area (Å²) in [5.41, 5.74) is 2.34. The zero-order chi connectivity index (χ0) is 22.8. The SMILES string of the molecule is CCOC(=O)C1CCCN(C(=O)c2c[nH]n3c(=O)c(Cc4cccc(Cl)c4)c(C)nc23)C1. The van der Waals surface area contributed by atoms with Gasteiger partial charge in [-0.2, -0.15) is 0 Å².